The minimum absolute atomic E-state index is 0.0353. The standard InChI is InChI=1S/C21H25N3O/c25-21(22-15-17-7-3-1-4-8-17)24-14-13-23(19-11-12-19)16-20(24)18-9-5-2-6-10-18/h1-10,19-20H,11-16H2,(H,22,25). The number of piperazine rings is 1. The van der Waals surface area contributed by atoms with Gasteiger partial charge in [-0.1, -0.05) is 60.7 Å². The molecule has 0 radical (unpaired) electrons. The molecule has 1 saturated carbocycles. The number of hydrogen-bond donors (Lipinski definition) is 1. The van der Waals surface area contributed by atoms with Gasteiger partial charge in [0.1, 0.15) is 0 Å². The molecule has 4 nitrogen and oxygen atoms in total. The second kappa shape index (κ2) is 7.28. The maximum atomic E-state index is 12.8. The highest BCUT2D eigenvalue weighted by Gasteiger charge is 2.37. The van der Waals surface area contributed by atoms with Crippen LogP contribution in [0.4, 0.5) is 4.79 Å². The van der Waals surface area contributed by atoms with Gasteiger partial charge in [-0.25, -0.2) is 4.79 Å². The van der Waals surface area contributed by atoms with Crippen molar-refractivity contribution in [3.8, 4) is 0 Å². The van der Waals surface area contributed by atoms with Crippen molar-refractivity contribution in [1.29, 1.82) is 0 Å². The van der Waals surface area contributed by atoms with Crippen LogP contribution in [-0.2, 0) is 6.54 Å². The number of urea groups is 1. The van der Waals surface area contributed by atoms with Crippen LogP contribution in [0.25, 0.3) is 0 Å². The van der Waals surface area contributed by atoms with Gasteiger partial charge in [-0.15, -0.1) is 0 Å². The van der Waals surface area contributed by atoms with Crippen LogP contribution in [0.2, 0.25) is 0 Å². The Balaban J connectivity index is 1.46. The third kappa shape index (κ3) is 3.85. The number of amides is 2. The predicted molar refractivity (Wildman–Crippen MR) is 99.2 cm³/mol. The number of rotatable bonds is 4. The predicted octanol–water partition coefficient (Wildman–Crippen LogP) is 3.42. The molecule has 0 aromatic heterocycles. The molecule has 1 heterocycles. The van der Waals surface area contributed by atoms with E-state index in [1.807, 2.05) is 41.3 Å². The third-order valence-electron chi connectivity index (χ3n) is 5.21. The number of carbonyl (C=O) groups excluding carboxylic acids is 1. The molecule has 1 aliphatic carbocycles. The van der Waals surface area contributed by atoms with E-state index in [-0.39, 0.29) is 12.1 Å². The lowest BCUT2D eigenvalue weighted by molar-refractivity contribution is 0.0890. The van der Waals surface area contributed by atoms with E-state index in [9.17, 15) is 4.79 Å². The first-order chi connectivity index (χ1) is 12.3. The van der Waals surface area contributed by atoms with E-state index in [0.29, 0.717) is 6.54 Å². The average molecular weight is 335 g/mol. The molecule has 1 aliphatic heterocycles. The first kappa shape index (κ1) is 16.2. The molecule has 4 heteroatoms. The van der Waals surface area contributed by atoms with Gasteiger partial charge in [0, 0.05) is 32.2 Å². The van der Waals surface area contributed by atoms with Crippen molar-refractivity contribution in [1.82, 2.24) is 15.1 Å². The molecule has 0 bridgehead atoms. The summed E-state index contributed by atoms with van der Waals surface area (Å²) < 4.78 is 0. The van der Waals surface area contributed by atoms with Gasteiger partial charge in [-0.3, -0.25) is 4.90 Å². The topological polar surface area (TPSA) is 35.6 Å². The second-order valence-corrected chi connectivity index (χ2v) is 6.99. The fraction of sp³-hybridized carbons (Fsp3) is 0.381. The Kier molecular flexibility index (Phi) is 4.70. The molecule has 1 N–H and O–H groups in total. The van der Waals surface area contributed by atoms with Gasteiger partial charge in [-0.05, 0) is 24.0 Å². The number of nitrogens with zero attached hydrogens (tertiary/aromatic N) is 2. The molecule has 2 aromatic carbocycles. The van der Waals surface area contributed by atoms with Gasteiger partial charge >= 0.3 is 6.03 Å². The van der Waals surface area contributed by atoms with Crippen LogP contribution in [0, 0.1) is 0 Å². The molecule has 130 valence electrons. The monoisotopic (exact) mass is 335 g/mol. The summed E-state index contributed by atoms with van der Waals surface area (Å²) in [5, 5.41) is 3.10. The fourth-order valence-corrected chi connectivity index (χ4v) is 3.65. The molecule has 1 unspecified atom stereocenters. The summed E-state index contributed by atoms with van der Waals surface area (Å²) in [5.74, 6) is 0. The van der Waals surface area contributed by atoms with Crippen molar-refractivity contribution in [2.45, 2.75) is 31.5 Å². The average Bonchev–Trinajstić information content (AvgIpc) is 3.52. The smallest absolute Gasteiger partial charge is 0.318 e. The van der Waals surface area contributed by atoms with Crippen LogP contribution < -0.4 is 5.32 Å². The van der Waals surface area contributed by atoms with E-state index < -0.39 is 0 Å². The first-order valence-corrected chi connectivity index (χ1v) is 9.18. The molecule has 2 aromatic rings. The Morgan fingerprint density at radius 1 is 0.960 bits per heavy atom. The summed E-state index contributed by atoms with van der Waals surface area (Å²) in [6, 6.07) is 21.4. The quantitative estimate of drug-likeness (QED) is 0.929. The third-order valence-corrected chi connectivity index (χ3v) is 5.21. The summed E-state index contributed by atoms with van der Waals surface area (Å²) in [5.41, 5.74) is 2.35. The van der Waals surface area contributed by atoms with Crippen molar-refractivity contribution < 1.29 is 4.79 Å². The van der Waals surface area contributed by atoms with Crippen molar-refractivity contribution in [3.05, 3.63) is 71.8 Å². The molecule has 4 rings (SSSR count). The normalized spacial score (nSPS) is 21.1. The maximum Gasteiger partial charge on any atom is 0.318 e. The molecule has 2 amide bonds. The van der Waals surface area contributed by atoms with Gasteiger partial charge in [0.25, 0.3) is 0 Å². The SMILES string of the molecule is O=C(NCc1ccccc1)N1CCN(C2CC2)CC1c1ccccc1. The highest BCUT2D eigenvalue weighted by Crippen LogP contribution is 2.33. The maximum absolute atomic E-state index is 12.8. The number of hydrogen-bond acceptors (Lipinski definition) is 2. The van der Waals surface area contributed by atoms with Crippen LogP contribution in [0.5, 0.6) is 0 Å². The van der Waals surface area contributed by atoms with E-state index in [1.54, 1.807) is 0 Å². The Hall–Kier alpha value is -2.33. The Morgan fingerprint density at radius 3 is 2.32 bits per heavy atom. The number of carbonyl (C=O) groups is 1. The molecule has 2 fully saturated rings. The van der Waals surface area contributed by atoms with Gasteiger partial charge < -0.3 is 10.2 Å². The lowest BCUT2D eigenvalue weighted by atomic mass is 10.0. The van der Waals surface area contributed by atoms with E-state index in [0.717, 1.165) is 31.2 Å². The lowest BCUT2D eigenvalue weighted by Gasteiger charge is -2.41. The zero-order chi connectivity index (χ0) is 17.1. The van der Waals surface area contributed by atoms with Crippen molar-refractivity contribution in [3.63, 3.8) is 0 Å². The zero-order valence-electron chi connectivity index (χ0n) is 14.5. The largest absolute Gasteiger partial charge is 0.334 e. The van der Waals surface area contributed by atoms with Gasteiger partial charge in [-0.2, -0.15) is 0 Å². The number of nitrogens with one attached hydrogen (secondary N) is 1. The van der Waals surface area contributed by atoms with Crippen molar-refractivity contribution in [2.75, 3.05) is 19.6 Å². The van der Waals surface area contributed by atoms with Gasteiger partial charge in [0.2, 0.25) is 0 Å². The minimum Gasteiger partial charge on any atom is -0.334 e. The lowest BCUT2D eigenvalue weighted by Crippen LogP contribution is -2.53. The molecular formula is C21H25N3O. The Labute approximate surface area is 149 Å². The molecule has 1 atom stereocenters. The first-order valence-electron chi connectivity index (χ1n) is 9.18. The van der Waals surface area contributed by atoms with Crippen LogP contribution in [-0.4, -0.2) is 41.5 Å². The highest BCUT2D eigenvalue weighted by atomic mass is 16.2. The number of benzene rings is 2. The van der Waals surface area contributed by atoms with Gasteiger partial charge in [0.05, 0.1) is 6.04 Å². The summed E-state index contributed by atoms with van der Waals surface area (Å²) in [7, 11) is 0. The summed E-state index contributed by atoms with van der Waals surface area (Å²) in [6.45, 7) is 3.28. The van der Waals surface area contributed by atoms with E-state index in [1.165, 1.54) is 18.4 Å². The van der Waals surface area contributed by atoms with E-state index in [2.05, 4.69) is 34.5 Å². The van der Waals surface area contributed by atoms with E-state index >= 15 is 0 Å². The zero-order valence-corrected chi connectivity index (χ0v) is 14.5. The van der Waals surface area contributed by atoms with Crippen LogP contribution in [0.1, 0.15) is 30.0 Å². The van der Waals surface area contributed by atoms with Crippen molar-refractivity contribution >= 4 is 6.03 Å². The Morgan fingerprint density at radius 2 is 1.64 bits per heavy atom. The molecule has 1 saturated heterocycles. The molecular weight excluding hydrogens is 310 g/mol. The van der Waals surface area contributed by atoms with Crippen LogP contribution >= 0.6 is 0 Å². The fourth-order valence-electron chi connectivity index (χ4n) is 3.65. The molecule has 0 spiro atoms. The Bertz CT molecular complexity index is 700. The van der Waals surface area contributed by atoms with Gasteiger partial charge in [0.15, 0.2) is 0 Å². The summed E-state index contributed by atoms with van der Waals surface area (Å²) >= 11 is 0. The molecule has 25 heavy (non-hydrogen) atoms. The van der Waals surface area contributed by atoms with Crippen molar-refractivity contribution in [2.24, 2.45) is 0 Å². The second-order valence-electron chi connectivity index (χ2n) is 6.99. The molecule has 2 aliphatic rings. The van der Waals surface area contributed by atoms with E-state index in [4.69, 9.17) is 0 Å². The van der Waals surface area contributed by atoms with Crippen LogP contribution in [0.15, 0.2) is 60.7 Å². The summed E-state index contributed by atoms with van der Waals surface area (Å²) in [4.78, 5) is 17.4. The van der Waals surface area contributed by atoms with Crippen LogP contribution in [0.3, 0.4) is 0 Å². The minimum atomic E-state index is 0.0353. The highest BCUT2D eigenvalue weighted by molar-refractivity contribution is 5.75. The summed E-state index contributed by atoms with van der Waals surface area (Å²) in [6.07, 6.45) is 2.61.